The largest absolute Gasteiger partial charge is 0.507 e. The Hall–Kier alpha value is -3.71. The van der Waals surface area contributed by atoms with Crippen LogP contribution < -0.4 is 10.2 Å². The van der Waals surface area contributed by atoms with Crippen molar-refractivity contribution < 1.29 is 19.8 Å². The van der Waals surface area contributed by atoms with Crippen LogP contribution in [0.5, 0.6) is 11.5 Å². The van der Waals surface area contributed by atoms with Gasteiger partial charge in [0.1, 0.15) is 17.5 Å². The Balaban J connectivity index is 1.58. The highest BCUT2D eigenvalue weighted by atomic mass is 35.5. The Bertz CT molecular complexity index is 1230. The van der Waals surface area contributed by atoms with E-state index in [9.17, 15) is 19.8 Å². The first-order valence-electron chi connectivity index (χ1n) is 10.9. The molecule has 0 bridgehead atoms. The Morgan fingerprint density at radius 3 is 2.38 bits per heavy atom. The third kappa shape index (κ3) is 4.79. The minimum absolute atomic E-state index is 0.0549. The van der Waals surface area contributed by atoms with Gasteiger partial charge in [0.25, 0.3) is 5.91 Å². The standard InChI is InChI=1S/C26H26ClN3O4/c1-29(2)19-9-7-16(8-10-19)14-28-25(33)22-11-17-5-3-4-6-18(17)15-30(22)26(34)20-12-21(27)24(32)13-23(20)31/h3-10,12-13,22,31-32H,11,14-15H2,1-2H3,(H,28,33)/t22-/m1/s1. The lowest BCUT2D eigenvalue weighted by atomic mass is 9.92. The van der Waals surface area contributed by atoms with Crippen LogP contribution in [0.15, 0.2) is 60.7 Å². The summed E-state index contributed by atoms with van der Waals surface area (Å²) in [5.74, 6) is -1.55. The molecule has 3 N–H and O–H groups in total. The van der Waals surface area contributed by atoms with E-state index in [0.29, 0.717) is 13.0 Å². The number of anilines is 1. The van der Waals surface area contributed by atoms with Crippen LogP contribution in [0.2, 0.25) is 5.02 Å². The van der Waals surface area contributed by atoms with Crippen molar-refractivity contribution in [2.75, 3.05) is 19.0 Å². The number of hydrogen-bond acceptors (Lipinski definition) is 5. The molecule has 2 amide bonds. The number of halogens is 1. The van der Waals surface area contributed by atoms with Crippen LogP contribution in [0.4, 0.5) is 5.69 Å². The zero-order valence-corrected chi connectivity index (χ0v) is 19.7. The van der Waals surface area contributed by atoms with Gasteiger partial charge in [0.05, 0.1) is 10.6 Å². The summed E-state index contributed by atoms with van der Waals surface area (Å²) in [5.41, 5.74) is 3.86. The van der Waals surface area contributed by atoms with Crippen molar-refractivity contribution in [2.45, 2.75) is 25.6 Å². The summed E-state index contributed by atoms with van der Waals surface area (Å²) in [7, 11) is 3.92. The lowest BCUT2D eigenvalue weighted by molar-refractivity contribution is -0.126. The summed E-state index contributed by atoms with van der Waals surface area (Å²) in [4.78, 5) is 30.1. The van der Waals surface area contributed by atoms with E-state index >= 15 is 0 Å². The SMILES string of the molecule is CN(C)c1ccc(CNC(=O)[C@H]2Cc3ccccc3CN2C(=O)c2cc(Cl)c(O)cc2O)cc1. The molecule has 34 heavy (non-hydrogen) atoms. The van der Waals surface area contributed by atoms with E-state index in [1.54, 1.807) is 0 Å². The molecule has 0 saturated carbocycles. The fraction of sp³-hybridized carbons (Fsp3) is 0.231. The van der Waals surface area contributed by atoms with Crippen molar-refractivity contribution in [1.82, 2.24) is 10.2 Å². The van der Waals surface area contributed by atoms with Crippen LogP contribution >= 0.6 is 11.6 Å². The summed E-state index contributed by atoms with van der Waals surface area (Å²) in [5, 5.41) is 22.9. The number of nitrogens with one attached hydrogen (secondary N) is 1. The van der Waals surface area contributed by atoms with Crippen LogP contribution in [0.25, 0.3) is 0 Å². The summed E-state index contributed by atoms with van der Waals surface area (Å²) in [6.07, 6.45) is 0.347. The maximum absolute atomic E-state index is 13.4. The predicted molar refractivity (Wildman–Crippen MR) is 131 cm³/mol. The second-order valence-corrected chi connectivity index (χ2v) is 8.93. The normalized spacial score (nSPS) is 14.9. The molecule has 8 heteroatoms. The van der Waals surface area contributed by atoms with Crippen molar-refractivity contribution in [1.29, 1.82) is 0 Å². The van der Waals surface area contributed by atoms with Crippen LogP contribution in [0.1, 0.15) is 27.0 Å². The maximum atomic E-state index is 13.4. The quantitative estimate of drug-likeness (QED) is 0.519. The molecular weight excluding hydrogens is 454 g/mol. The van der Waals surface area contributed by atoms with Gasteiger partial charge in [-0.05, 0) is 34.9 Å². The van der Waals surface area contributed by atoms with E-state index in [0.717, 1.165) is 28.4 Å². The third-order valence-electron chi connectivity index (χ3n) is 6.03. The molecule has 3 aromatic rings. The van der Waals surface area contributed by atoms with E-state index in [1.165, 1.54) is 11.0 Å². The third-order valence-corrected chi connectivity index (χ3v) is 6.33. The second-order valence-electron chi connectivity index (χ2n) is 8.52. The molecule has 176 valence electrons. The van der Waals surface area contributed by atoms with Gasteiger partial charge in [-0.15, -0.1) is 0 Å². The molecular formula is C26H26ClN3O4. The molecule has 0 spiro atoms. The molecule has 7 nitrogen and oxygen atoms in total. The topological polar surface area (TPSA) is 93.1 Å². The summed E-state index contributed by atoms with van der Waals surface area (Å²) >= 11 is 5.98. The van der Waals surface area contributed by atoms with E-state index in [1.807, 2.05) is 67.5 Å². The highest BCUT2D eigenvalue weighted by molar-refractivity contribution is 6.32. The first kappa shape index (κ1) is 23.4. The van der Waals surface area contributed by atoms with Gasteiger partial charge in [0.2, 0.25) is 5.91 Å². The van der Waals surface area contributed by atoms with Gasteiger partial charge in [-0.3, -0.25) is 9.59 Å². The molecule has 4 rings (SSSR count). The Kier molecular flexibility index (Phi) is 6.65. The monoisotopic (exact) mass is 479 g/mol. The lowest BCUT2D eigenvalue weighted by Crippen LogP contribution is -2.52. The Morgan fingerprint density at radius 2 is 1.71 bits per heavy atom. The van der Waals surface area contributed by atoms with Gasteiger partial charge in [0.15, 0.2) is 0 Å². The van der Waals surface area contributed by atoms with Crippen LogP contribution in [-0.2, 0) is 24.3 Å². The average Bonchev–Trinajstić information content (AvgIpc) is 2.83. The van der Waals surface area contributed by atoms with Crippen molar-refractivity contribution in [2.24, 2.45) is 0 Å². The first-order chi connectivity index (χ1) is 16.2. The molecule has 0 radical (unpaired) electrons. The van der Waals surface area contributed by atoms with Crippen LogP contribution in [-0.4, -0.2) is 47.1 Å². The number of aromatic hydroxyl groups is 2. The number of amides is 2. The molecule has 1 heterocycles. The van der Waals surface area contributed by atoms with Gasteiger partial charge in [-0.2, -0.15) is 0 Å². The number of nitrogens with zero attached hydrogens (tertiary/aromatic N) is 2. The van der Waals surface area contributed by atoms with E-state index < -0.39 is 17.7 Å². The number of benzene rings is 3. The number of carbonyl (C=O) groups excluding carboxylic acids is 2. The lowest BCUT2D eigenvalue weighted by Gasteiger charge is -2.36. The number of hydrogen-bond donors (Lipinski definition) is 3. The predicted octanol–water partition coefficient (Wildman–Crippen LogP) is 3.70. The summed E-state index contributed by atoms with van der Waals surface area (Å²) in [6, 6.07) is 17.0. The Labute approximate surface area is 203 Å². The van der Waals surface area contributed by atoms with E-state index in [-0.39, 0.29) is 28.8 Å². The van der Waals surface area contributed by atoms with Crippen LogP contribution in [0.3, 0.4) is 0 Å². The molecule has 0 aliphatic carbocycles. The zero-order valence-electron chi connectivity index (χ0n) is 19.0. The van der Waals surface area contributed by atoms with Gasteiger partial charge >= 0.3 is 0 Å². The number of fused-ring (bicyclic) bond motifs is 1. The van der Waals surface area contributed by atoms with Gasteiger partial charge < -0.3 is 25.3 Å². The minimum atomic E-state index is -0.768. The van der Waals surface area contributed by atoms with E-state index in [2.05, 4.69) is 5.32 Å². The molecule has 0 saturated heterocycles. The molecule has 0 fully saturated rings. The maximum Gasteiger partial charge on any atom is 0.258 e. The second kappa shape index (κ2) is 9.65. The van der Waals surface area contributed by atoms with Gasteiger partial charge in [-0.25, -0.2) is 0 Å². The number of carbonyl (C=O) groups is 2. The molecule has 0 aromatic heterocycles. The molecule has 1 atom stereocenters. The van der Waals surface area contributed by atoms with Crippen molar-refractivity contribution in [3.8, 4) is 11.5 Å². The van der Waals surface area contributed by atoms with Gasteiger partial charge in [0, 0.05) is 45.4 Å². The minimum Gasteiger partial charge on any atom is -0.507 e. The highest BCUT2D eigenvalue weighted by Gasteiger charge is 2.36. The molecule has 3 aromatic carbocycles. The van der Waals surface area contributed by atoms with Crippen LogP contribution in [0, 0.1) is 0 Å². The number of rotatable bonds is 5. The fourth-order valence-corrected chi connectivity index (χ4v) is 4.23. The molecule has 0 unspecified atom stereocenters. The number of phenols is 2. The highest BCUT2D eigenvalue weighted by Crippen LogP contribution is 2.33. The van der Waals surface area contributed by atoms with Crippen molar-refractivity contribution in [3.63, 3.8) is 0 Å². The van der Waals surface area contributed by atoms with Crippen molar-refractivity contribution >= 4 is 29.1 Å². The van der Waals surface area contributed by atoms with Crippen molar-refractivity contribution in [3.05, 3.63) is 87.9 Å². The van der Waals surface area contributed by atoms with E-state index in [4.69, 9.17) is 11.6 Å². The number of phenolic OH excluding ortho intramolecular Hbond substituents is 2. The van der Waals surface area contributed by atoms with Gasteiger partial charge in [-0.1, -0.05) is 48.0 Å². The average molecular weight is 480 g/mol. The summed E-state index contributed by atoms with van der Waals surface area (Å²) < 4.78 is 0. The fourth-order valence-electron chi connectivity index (χ4n) is 4.07. The first-order valence-corrected chi connectivity index (χ1v) is 11.3. The smallest absolute Gasteiger partial charge is 0.258 e. The summed E-state index contributed by atoms with van der Waals surface area (Å²) in [6.45, 7) is 0.533. The Morgan fingerprint density at radius 1 is 1.03 bits per heavy atom. The zero-order chi connectivity index (χ0) is 24.4. The molecule has 1 aliphatic heterocycles. The molecule has 1 aliphatic rings.